The Labute approximate surface area is 98.4 Å². The van der Waals surface area contributed by atoms with Crippen LogP contribution < -0.4 is 0 Å². The van der Waals surface area contributed by atoms with Crippen LogP contribution in [0.5, 0.6) is 0 Å². The van der Waals surface area contributed by atoms with Crippen LogP contribution in [0.15, 0.2) is 59.6 Å². The number of hydrogen-bond acceptors (Lipinski definition) is 0. The van der Waals surface area contributed by atoms with E-state index in [9.17, 15) is 0 Å². The Kier molecular flexibility index (Phi) is 3.02. The van der Waals surface area contributed by atoms with Crippen LogP contribution in [0.2, 0.25) is 0 Å². The summed E-state index contributed by atoms with van der Waals surface area (Å²) >= 11 is 3.55. The van der Waals surface area contributed by atoms with Crippen molar-refractivity contribution in [2.75, 3.05) is 0 Å². The third-order valence-corrected chi connectivity index (χ3v) is 3.02. The molecule has 2 aromatic rings. The summed E-state index contributed by atoms with van der Waals surface area (Å²) in [4.78, 5) is 0. The summed E-state index contributed by atoms with van der Waals surface area (Å²) in [6, 6.07) is 16.6. The second kappa shape index (κ2) is 4.45. The van der Waals surface area contributed by atoms with Crippen LogP contribution in [0, 0.1) is 0 Å². The predicted octanol–water partition coefficient (Wildman–Crippen LogP) is 4.76. The van der Waals surface area contributed by atoms with E-state index in [0.717, 1.165) is 10.0 Å². The normalized spacial score (nSPS) is 9.93. The Bertz CT molecular complexity index is 469. The molecule has 74 valence electrons. The topological polar surface area (TPSA) is 0 Å². The lowest BCUT2D eigenvalue weighted by molar-refractivity contribution is 1.57. The molecule has 0 saturated heterocycles. The molecule has 15 heavy (non-hydrogen) atoms. The van der Waals surface area contributed by atoms with E-state index in [4.69, 9.17) is 0 Å². The lowest BCUT2D eigenvalue weighted by Crippen LogP contribution is -1.79. The van der Waals surface area contributed by atoms with Crippen molar-refractivity contribution in [3.8, 4) is 11.1 Å². The average Bonchev–Trinajstić information content (AvgIpc) is 2.30. The van der Waals surface area contributed by atoms with E-state index < -0.39 is 0 Å². The zero-order valence-electron chi connectivity index (χ0n) is 8.28. The molecule has 2 rings (SSSR count). The molecule has 0 nitrogen and oxygen atoms in total. The summed E-state index contributed by atoms with van der Waals surface area (Å²) in [6.45, 7) is 3.74. The van der Waals surface area contributed by atoms with Gasteiger partial charge in [-0.1, -0.05) is 71.0 Å². The first-order valence-corrected chi connectivity index (χ1v) is 5.58. The first-order chi connectivity index (χ1) is 7.31. The van der Waals surface area contributed by atoms with Gasteiger partial charge in [0, 0.05) is 4.47 Å². The maximum atomic E-state index is 3.74. The van der Waals surface area contributed by atoms with Crippen molar-refractivity contribution in [1.29, 1.82) is 0 Å². The first kappa shape index (κ1) is 10.2. The predicted molar refractivity (Wildman–Crippen MR) is 69.7 cm³/mol. The minimum Gasteiger partial charge on any atom is -0.0985 e. The highest BCUT2D eigenvalue weighted by Crippen LogP contribution is 2.27. The SMILES string of the molecule is C=Cc1ccc(-c2ccccc2Br)cc1. The van der Waals surface area contributed by atoms with E-state index in [1.54, 1.807) is 0 Å². The molecule has 0 fully saturated rings. The van der Waals surface area contributed by atoms with Crippen LogP contribution in [0.1, 0.15) is 5.56 Å². The Morgan fingerprint density at radius 3 is 2.20 bits per heavy atom. The summed E-state index contributed by atoms with van der Waals surface area (Å²) in [5, 5.41) is 0. The highest BCUT2D eigenvalue weighted by Gasteiger charge is 2.00. The summed E-state index contributed by atoms with van der Waals surface area (Å²) in [5.74, 6) is 0. The van der Waals surface area contributed by atoms with Crippen molar-refractivity contribution in [2.24, 2.45) is 0 Å². The molecule has 0 bridgehead atoms. The van der Waals surface area contributed by atoms with Crippen LogP contribution in [0.3, 0.4) is 0 Å². The van der Waals surface area contributed by atoms with E-state index in [2.05, 4.69) is 58.9 Å². The van der Waals surface area contributed by atoms with E-state index in [1.165, 1.54) is 11.1 Å². The largest absolute Gasteiger partial charge is 0.0985 e. The lowest BCUT2D eigenvalue weighted by atomic mass is 10.0. The van der Waals surface area contributed by atoms with Gasteiger partial charge in [-0.3, -0.25) is 0 Å². The van der Waals surface area contributed by atoms with Gasteiger partial charge < -0.3 is 0 Å². The Morgan fingerprint density at radius 2 is 1.60 bits per heavy atom. The highest BCUT2D eigenvalue weighted by atomic mass is 79.9. The summed E-state index contributed by atoms with van der Waals surface area (Å²) < 4.78 is 1.12. The molecule has 0 atom stereocenters. The fraction of sp³-hybridized carbons (Fsp3) is 0. The summed E-state index contributed by atoms with van der Waals surface area (Å²) in [7, 11) is 0. The van der Waals surface area contributed by atoms with Crippen molar-refractivity contribution in [2.45, 2.75) is 0 Å². The van der Waals surface area contributed by atoms with E-state index in [0.29, 0.717) is 0 Å². The van der Waals surface area contributed by atoms with Crippen LogP contribution in [-0.2, 0) is 0 Å². The molecule has 0 amide bonds. The lowest BCUT2D eigenvalue weighted by Gasteiger charge is -2.04. The molecule has 0 saturated carbocycles. The molecule has 0 aliphatic heterocycles. The van der Waals surface area contributed by atoms with Crippen molar-refractivity contribution < 1.29 is 0 Å². The highest BCUT2D eigenvalue weighted by molar-refractivity contribution is 9.10. The second-order valence-corrected chi connectivity index (χ2v) is 4.16. The van der Waals surface area contributed by atoms with Gasteiger partial charge in [-0.25, -0.2) is 0 Å². The zero-order valence-corrected chi connectivity index (χ0v) is 9.87. The Balaban J connectivity index is 2.46. The summed E-state index contributed by atoms with van der Waals surface area (Å²) in [6.07, 6.45) is 1.85. The third-order valence-electron chi connectivity index (χ3n) is 2.33. The van der Waals surface area contributed by atoms with E-state index in [1.807, 2.05) is 18.2 Å². The molecule has 0 radical (unpaired) electrons. The molecule has 0 N–H and O–H groups in total. The van der Waals surface area contributed by atoms with Gasteiger partial charge in [-0.05, 0) is 22.8 Å². The molecular formula is C14H11Br. The second-order valence-electron chi connectivity index (χ2n) is 3.31. The van der Waals surface area contributed by atoms with Crippen LogP contribution in [0.4, 0.5) is 0 Å². The number of benzene rings is 2. The Hall–Kier alpha value is -1.34. The quantitative estimate of drug-likeness (QED) is 0.729. The fourth-order valence-electron chi connectivity index (χ4n) is 1.49. The van der Waals surface area contributed by atoms with Gasteiger partial charge in [0.2, 0.25) is 0 Å². The van der Waals surface area contributed by atoms with Gasteiger partial charge in [0.15, 0.2) is 0 Å². The van der Waals surface area contributed by atoms with Gasteiger partial charge in [0.25, 0.3) is 0 Å². The van der Waals surface area contributed by atoms with E-state index >= 15 is 0 Å². The molecule has 1 heteroatoms. The maximum absolute atomic E-state index is 3.74. The van der Waals surface area contributed by atoms with Gasteiger partial charge in [0.05, 0.1) is 0 Å². The van der Waals surface area contributed by atoms with Crippen molar-refractivity contribution in [3.63, 3.8) is 0 Å². The van der Waals surface area contributed by atoms with E-state index in [-0.39, 0.29) is 0 Å². The smallest absolute Gasteiger partial charge is 0.0253 e. The van der Waals surface area contributed by atoms with Crippen LogP contribution >= 0.6 is 15.9 Å². The molecular weight excluding hydrogens is 248 g/mol. The third kappa shape index (κ3) is 2.18. The minimum absolute atomic E-state index is 1.12. The standard InChI is InChI=1S/C14H11Br/c1-2-11-7-9-12(10-8-11)13-5-3-4-6-14(13)15/h2-10H,1H2. The molecule has 2 aromatic carbocycles. The van der Waals surface area contributed by atoms with Crippen molar-refractivity contribution in [3.05, 3.63) is 65.1 Å². The van der Waals surface area contributed by atoms with Crippen molar-refractivity contribution in [1.82, 2.24) is 0 Å². The molecule has 0 aliphatic carbocycles. The number of hydrogen-bond donors (Lipinski definition) is 0. The maximum Gasteiger partial charge on any atom is 0.0253 e. The van der Waals surface area contributed by atoms with Gasteiger partial charge in [-0.15, -0.1) is 0 Å². The fourth-order valence-corrected chi connectivity index (χ4v) is 2.01. The minimum atomic E-state index is 1.12. The average molecular weight is 259 g/mol. The zero-order chi connectivity index (χ0) is 10.7. The molecule has 0 aliphatic rings. The summed E-state index contributed by atoms with van der Waals surface area (Å²) in [5.41, 5.74) is 3.58. The number of halogens is 1. The molecule has 0 heterocycles. The molecule has 0 aromatic heterocycles. The van der Waals surface area contributed by atoms with Crippen molar-refractivity contribution >= 4 is 22.0 Å². The van der Waals surface area contributed by atoms with Crippen LogP contribution in [-0.4, -0.2) is 0 Å². The van der Waals surface area contributed by atoms with Gasteiger partial charge >= 0.3 is 0 Å². The first-order valence-electron chi connectivity index (χ1n) is 4.78. The monoisotopic (exact) mass is 258 g/mol. The van der Waals surface area contributed by atoms with Gasteiger partial charge in [0.1, 0.15) is 0 Å². The number of rotatable bonds is 2. The van der Waals surface area contributed by atoms with Gasteiger partial charge in [-0.2, -0.15) is 0 Å². The molecule has 0 unspecified atom stereocenters. The Morgan fingerprint density at radius 1 is 0.933 bits per heavy atom. The van der Waals surface area contributed by atoms with Crippen LogP contribution in [0.25, 0.3) is 17.2 Å². The molecule has 0 spiro atoms.